The molecule has 0 aliphatic rings. The zero-order valence-corrected chi connectivity index (χ0v) is 19.5. The molecule has 2 aromatic rings. The van der Waals surface area contributed by atoms with Gasteiger partial charge in [-0.25, -0.2) is 4.99 Å². The van der Waals surface area contributed by atoms with Gasteiger partial charge in [0, 0.05) is 31.9 Å². The Morgan fingerprint density at radius 3 is 2.57 bits per heavy atom. The third-order valence-corrected chi connectivity index (χ3v) is 4.49. The summed E-state index contributed by atoms with van der Waals surface area (Å²) in [6.45, 7) is 5.74. The number of aliphatic imine (C=N–C) groups is 1. The molecule has 1 unspecified atom stereocenters. The van der Waals surface area contributed by atoms with Gasteiger partial charge < -0.3 is 15.7 Å². The number of hydrogen-bond acceptors (Lipinski definition) is 3. The van der Waals surface area contributed by atoms with E-state index in [4.69, 9.17) is 0 Å². The van der Waals surface area contributed by atoms with Crippen molar-refractivity contribution in [2.24, 2.45) is 12.0 Å². The SMILES string of the molecule is CCNC(=NCC(C)(O)c1cnn(C)c1)NCCCCCc1ccccc1.I. The van der Waals surface area contributed by atoms with E-state index in [-0.39, 0.29) is 30.5 Å². The van der Waals surface area contributed by atoms with Crippen LogP contribution in [0.25, 0.3) is 0 Å². The highest BCUT2D eigenvalue weighted by molar-refractivity contribution is 14.0. The lowest BCUT2D eigenvalue weighted by Gasteiger charge is -2.20. The normalized spacial score (nSPS) is 13.5. The average Bonchev–Trinajstić information content (AvgIpc) is 3.11. The average molecular weight is 499 g/mol. The highest BCUT2D eigenvalue weighted by Crippen LogP contribution is 2.19. The molecule has 1 atom stereocenters. The van der Waals surface area contributed by atoms with Crippen molar-refractivity contribution < 1.29 is 5.11 Å². The van der Waals surface area contributed by atoms with E-state index in [2.05, 4.69) is 51.1 Å². The van der Waals surface area contributed by atoms with Crippen LogP contribution in [0, 0.1) is 0 Å². The first-order valence-electron chi connectivity index (χ1n) is 9.79. The van der Waals surface area contributed by atoms with Crippen LogP contribution in [0.15, 0.2) is 47.7 Å². The van der Waals surface area contributed by atoms with Gasteiger partial charge in [0.05, 0.1) is 12.7 Å². The van der Waals surface area contributed by atoms with Crippen LogP contribution in [-0.4, -0.2) is 40.5 Å². The summed E-state index contributed by atoms with van der Waals surface area (Å²) in [7, 11) is 1.84. The summed E-state index contributed by atoms with van der Waals surface area (Å²) in [6.07, 6.45) is 8.09. The molecule has 3 N–H and O–H groups in total. The molecule has 0 amide bonds. The number of benzene rings is 1. The van der Waals surface area contributed by atoms with Crippen molar-refractivity contribution in [2.45, 2.75) is 45.1 Å². The number of hydrogen-bond donors (Lipinski definition) is 3. The summed E-state index contributed by atoms with van der Waals surface area (Å²) in [6, 6.07) is 10.6. The molecule has 0 radical (unpaired) electrons. The molecule has 1 aromatic heterocycles. The number of aryl methyl sites for hydroxylation is 2. The van der Waals surface area contributed by atoms with E-state index in [1.165, 1.54) is 18.4 Å². The highest BCUT2D eigenvalue weighted by atomic mass is 127. The number of rotatable bonds is 10. The Hall–Kier alpha value is -1.61. The van der Waals surface area contributed by atoms with Gasteiger partial charge in [-0.1, -0.05) is 36.8 Å². The van der Waals surface area contributed by atoms with Gasteiger partial charge in [-0.2, -0.15) is 5.10 Å². The predicted octanol–water partition coefficient (Wildman–Crippen LogP) is 3.21. The number of aliphatic hydroxyl groups is 1. The Balaban J connectivity index is 0.00000392. The van der Waals surface area contributed by atoms with Crippen LogP contribution in [0.1, 0.15) is 44.2 Å². The van der Waals surface area contributed by atoms with Gasteiger partial charge in [0.2, 0.25) is 0 Å². The third kappa shape index (κ3) is 8.60. The van der Waals surface area contributed by atoms with Crippen LogP contribution in [0.4, 0.5) is 0 Å². The Morgan fingerprint density at radius 1 is 1.18 bits per heavy atom. The van der Waals surface area contributed by atoms with E-state index < -0.39 is 5.60 Å². The van der Waals surface area contributed by atoms with E-state index in [0.717, 1.165) is 37.5 Å². The summed E-state index contributed by atoms with van der Waals surface area (Å²) in [5.74, 6) is 0.740. The molecule has 28 heavy (non-hydrogen) atoms. The molecule has 0 aliphatic carbocycles. The van der Waals surface area contributed by atoms with E-state index in [1.54, 1.807) is 17.8 Å². The molecule has 0 fully saturated rings. The van der Waals surface area contributed by atoms with Crippen LogP contribution in [0.2, 0.25) is 0 Å². The fourth-order valence-corrected chi connectivity index (χ4v) is 2.85. The number of halogens is 1. The van der Waals surface area contributed by atoms with Gasteiger partial charge in [-0.05, 0) is 38.7 Å². The van der Waals surface area contributed by atoms with Crippen molar-refractivity contribution in [3.63, 3.8) is 0 Å². The monoisotopic (exact) mass is 499 g/mol. The lowest BCUT2D eigenvalue weighted by Crippen LogP contribution is -2.39. The molecule has 0 saturated carbocycles. The molecule has 0 aliphatic heterocycles. The molecule has 2 rings (SSSR count). The van der Waals surface area contributed by atoms with Gasteiger partial charge in [0.25, 0.3) is 0 Å². The van der Waals surface area contributed by atoms with Crippen molar-refractivity contribution in [3.05, 3.63) is 53.9 Å². The molecule has 7 heteroatoms. The molecule has 0 saturated heterocycles. The number of unbranched alkanes of at least 4 members (excludes halogenated alkanes) is 2. The van der Waals surface area contributed by atoms with Crippen molar-refractivity contribution in [1.82, 2.24) is 20.4 Å². The maximum Gasteiger partial charge on any atom is 0.191 e. The fraction of sp³-hybridized carbons (Fsp3) is 0.524. The van der Waals surface area contributed by atoms with E-state index in [1.807, 2.05) is 20.2 Å². The van der Waals surface area contributed by atoms with Gasteiger partial charge in [-0.3, -0.25) is 4.68 Å². The van der Waals surface area contributed by atoms with Crippen LogP contribution >= 0.6 is 24.0 Å². The third-order valence-electron chi connectivity index (χ3n) is 4.49. The minimum absolute atomic E-state index is 0. The molecule has 0 bridgehead atoms. The number of guanidine groups is 1. The first-order valence-corrected chi connectivity index (χ1v) is 9.79. The second kappa shape index (κ2) is 12.8. The first kappa shape index (κ1) is 24.4. The second-order valence-electron chi connectivity index (χ2n) is 7.09. The Bertz CT molecular complexity index is 700. The fourth-order valence-electron chi connectivity index (χ4n) is 2.85. The Kier molecular flexibility index (Phi) is 11.1. The van der Waals surface area contributed by atoms with Gasteiger partial charge >= 0.3 is 0 Å². The van der Waals surface area contributed by atoms with Crippen LogP contribution in [-0.2, 0) is 19.1 Å². The number of aromatic nitrogens is 2. The van der Waals surface area contributed by atoms with E-state index >= 15 is 0 Å². The largest absolute Gasteiger partial charge is 0.383 e. The van der Waals surface area contributed by atoms with Crippen molar-refractivity contribution >= 4 is 29.9 Å². The molecule has 156 valence electrons. The zero-order chi connectivity index (χ0) is 19.5. The molecular weight excluding hydrogens is 465 g/mol. The summed E-state index contributed by atoms with van der Waals surface area (Å²) in [5.41, 5.74) is 1.13. The summed E-state index contributed by atoms with van der Waals surface area (Å²) in [5, 5.41) is 21.4. The van der Waals surface area contributed by atoms with Crippen LogP contribution in [0.3, 0.4) is 0 Å². The molecule has 1 heterocycles. The highest BCUT2D eigenvalue weighted by Gasteiger charge is 2.24. The Labute approximate surface area is 185 Å². The second-order valence-corrected chi connectivity index (χ2v) is 7.09. The standard InChI is InChI=1S/C21H33N5O.HI/c1-4-22-20(24-17-21(2,27)19-15-25-26(3)16-19)23-14-10-6-9-13-18-11-7-5-8-12-18;/h5,7-8,11-12,15-16,27H,4,6,9-10,13-14,17H2,1-3H3,(H2,22,23,24);1H. The predicted molar refractivity (Wildman–Crippen MR) is 126 cm³/mol. The van der Waals surface area contributed by atoms with E-state index in [9.17, 15) is 5.11 Å². The summed E-state index contributed by atoms with van der Waals surface area (Å²) in [4.78, 5) is 4.54. The smallest absolute Gasteiger partial charge is 0.191 e. The lowest BCUT2D eigenvalue weighted by molar-refractivity contribution is 0.0672. The van der Waals surface area contributed by atoms with Crippen molar-refractivity contribution in [1.29, 1.82) is 0 Å². The maximum absolute atomic E-state index is 10.7. The zero-order valence-electron chi connectivity index (χ0n) is 17.2. The molecule has 6 nitrogen and oxygen atoms in total. The summed E-state index contributed by atoms with van der Waals surface area (Å²) < 4.78 is 1.69. The van der Waals surface area contributed by atoms with E-state index in [0.29, 0.717) is 0 Å². The first-order chi connectivity index (χ1) is 13.0. The topological polar surface area (TPSA) is 74.5 Å². The van der Waals surface area contributed by atoms with Crippen LogP contribution in [0.5, 0.6) is 0 Å². The quantitative estimate of drug-likeness (QED) is 0.203. The van der Waals surface area contributed by atoms with Crippen LogP contribution < -0.4 is 10.6 Å². The van der Waals surface area contributed by atoms with Crippen molar-refractivity contribution in [3.8, 4) is 0 Å². The van der Waals surface area contributed by atoms with Gasteiger partial charge in [0.15, 0.2) is 5.96 Å². The van der Waals surface area contributed by atoms with Gasteiger partial charge in [0.1, 0.15) is 5.60 Å². The lowest BCUT2D eigenvalue weighted by atomic mass is 10.0. The number of nitrogens with zero attached hydrogens (tertiary/aromatic N) is 3. The minimum Gasteiger partial charge on any atom is -0.383 e. The Morgan fingerprint density at radius 2 is 1.93 bits per heavy atom. The van der Waals surface area contributed by atoms with Gasteiger partial charge in [-0.15, -0.1) is 24.0 Å². The molecular formula is C21H34IN5O. The summed E-state index contributed by atoms with van der Waals surface area (Å²) >= 11 is 0. The molecule has 0 spiro atoms. The molecule has 1 aromatic carbocycles. The van der Waals surface area contributed by atoms with Crippen molar-refractivity contribution in [2.75, 3.05) is 19.6 Å². The maximum atomic E-state index is 10.7. The minimum atomic E-state index is -1.04. The number of nitrogens with one attached hydrogen (secondary N) is 2.